The van der Waals surface area contributed by atoms with Crippen LogP contribution in [0.4, 0.5) is 22.7 Å². The minimum Gasteiger partial charge on any atom is -0.337 e. The monoisotopic (exact) mass is 828 g/mol. The van der Waals surface area contributed by atoms with Crippen LogP contribution in [-0.4, -0.2) is 23.1 Å². The summed E-state index contributed by atoms with van der Waals surface area (Å²) in [4.78, 5) is 56.7. The summed E-state index contributed by atoms with van der Waals surface area (Å²) >= 11 is 0. The summed E-state index contributed by atoms with van der Waals surface area (Å²) in [5.41, 5.74) is 12.2. The smallest absolute Gasteiger partial charge is 0.197 e. The van der Waals surface area contributed by atoms with Crippen LogP contribution < -0.4 is 9.80 Å². The normalized spacial score (nSPS) is 12.9. The minimum absolute atomic E-state index is 0.190. The number of ketones is 4. The van der Waals surface area contributed by atoms with E-state index in [1.54, 1.807) is 60.7 Å². The van der Waals surface area contributed by atoms with E-state index in [2.05, 4.69) is 82.6 Å². The van der Waals surface area contributed by atoms with E-state index < -0.39 is 0 Å². The molecule has 6 heteroatoms. The van der Waals surface area contributed by atoms with E-state index >= 15 is 0 Å². The third-order valence-electron chi connectivity index (χ3n) is 11.9. The highest BCUT2D eigenvalue weighted by atomic mass is 16.2. The number of hydrogen-bond acceptors (Lipinski definition) is 6. The fourth-order valence-corrected chi connectivity index (χ4v) is 8.50. The first-order chi connectivity index (χ1) is 31.4. The van der Waals surface area contributed by atoms with Gasteiger partial charge in [0.25, 0.3) is 0 Å². The number of benzene rings is 8. The second-order valence-electron chi connectivity index (χ2n) is 15.9. The van der Waals surface area contributed by atoms with E-state index in [4.69, 9.17) is 0 Å². The van der Waals surface area contributed by atoms with Crippen molar-refractivity contribution in [2.75, 3.05) is 9.80 Å². The van der Waals surface area contributed by atoms with Gasteiger partial charge in [0.2, 0.25) is 0 Å². The van der Waals surface area contributed by atoms with Crippen molar-refractivity contribution in [1.29, 1.82) is 0 Å². The van der Waals surface area contributed by atoms with Crippen LogP contribution in [0, 0.1) is 0 Å². The van der Waals surface area contributed by atoms with Gasteiger partial charge in [-0.05, 0) is 94.1 Å². The molecular weight excluding hydrogens is 789 g/mol. The van der Waals surface area contributed by atoms with Crippen molar-refractivity contribution in [3.05, 3.63) is 262 Å². The first-order valence-electron chi connectivity index (χ1n) is 21.2. The Morgan fingerprint density at radius 1 is 0.297 bits per heavy atom. The molecule has 10 rings (SSSR count). The van der Waals surface area contributed by atoms with Crippen LogP contribution in [0.5, 0.6) is 0 Å². The van der Waals surface area contributed by atoms with E-state index in [0.29, 0.717) is 35.3 Å². The maximum Gasteiger partial charge on any atom is 0.197 e. The van der Waals surface area contributed by atoms with Gasteiger partial charge in [-0.3, -0.25) is 19.2 Å². The molecule has 0 bridgehead atoms. The van der Waals surface area contributed by atoms with Crippen LogP contribution in [-0.2, 0) is 13.1 Å². The van der Waals surface area contributed by atoms with E-state index in [-0.39, 0.29) is 34.3 Å². The van der Waals surface area contributed by atoms with Gasteiger partial charge < -0.3 is 9.80 Å². The van der Waals surface area contributed by atoms with E-state index in [1.165, 1.54) is 0 Å². The van der Waals surface area contributed by atoms with Gasteiger partial charge in [-0.15, -0.1) is 0 Å². The van der Waals surface area contributed by atoms with Crippen molar-refractivity contribution >= 4 is 58.0 Å². The molecule has 0 N–H and O–H groups in total. The highest BCUT2D eigenvalue weighted by Gasteiger charge is 2.33. The van der Waals surface area contributed by atoms with Gasteiger partial charge in [0.15, 0.2) is 23.1 Å². The van der Waals surface area contributed by atoms with Crippen LogP contribution in [0.2, 0.25) is 0 Å². The fraction of sp³-hybridized carbons (Fsp3) is 0.0345. The molecule has 0 atom stereocenters. The molecule has 8 aromatic carbocycles. The molecule has 0 fully saturated rings. The Bertz CT molecular complexity index is 2840. The molecule has 0 saturated heterocycles. The van der Waals surface area contributed by atoms with Crippen LogP contribution >= 0.6 is 0 Å². The summed E-state index contributed by atoms with van der Waals surface area (Å²) in [5.74, 6) is -0.943. The van der Waals surface area contributed by atoms with Crippen molar-refractivity contribution in [2.45, 2.75) is 13.1 Å². The van der Waals surface area contributed by atoms with Gasteiger partial charge in [0.05, 0.1) is 11.1 Å². The first kappa shape index (κ1) is 39.6. The average Bonchev–Trinajstić information content (AvgIpc) is 3.74. The van der Waals surface area contributed by atoms with Crippen molar-refractivity contribution in [2.24, 2.45) is 0 Å². The quantitative estimate of drug-likeness (QED) is 0.0955. The lowest BCUT2D eigenvalue weighted by Crippen LogP contribution is -2.16. The molecule has 0 heterocycles. The van der Waals surface area contributed by atoms with Crippen molar-refractivity contribution in [1.82, 2.24) is 0 Å². The second-order valence-corrected chi connectivity index (χ2v) is 15.9. The van der Waals surface area contributed by atoms with Crippen LogP contribution in [0.15, 0.2) is 217 Å². The predicted molar refractivity (Wildman–Crippen MR) is 255 cm³/mol. The molecule has 306 valence electrons. The number of allylic oxidation sites excluding steroid dienone is 2. The summed E-state index contributed by atoms with van der Waals surface area (Å²) in [6.45, 7) is 1.28. The van der Waals surface area contributed by atoms with Gasteiger partial charge in [0, 0.05) is 58.1 Å². The Kier molecular flexibility index (Phi) is 10.6. The zero-order valence-corrected chi connectivity index (χ0v) is 34.7. The zero-order chi connectivity index (χ0) is 43.6. The highest BCUT2D eigenvalue weighted by molar-refractivity contribution is 6.42. The maximum atomic E-state index is 13.1. The minimum atomic E-state index is -0.236. The molecule has 0 spiro atoms. The number of fused-ring (bicyclic) bond motifs is 2. The molecular formula is C58H40N2O4. The van der Waals surface area contributed by atoms with Gasteiger partial charge in [-0.2, -0.15) is 0 Å². The Morgan fingerprint density at radius 2 is 0.562 bits per heavy atom. The number of hydrogen-bond donors (Lipinski definition) is 0. The third-order valence-corrected chi connectivity index (χ3v) is 11.9. The first-order valence-corrected chi connectivity index (χ1v) is 21.2. The number of Topliss-reactive ketones (excluding diaryl/α,β-unsaturated/α-hetero) is 4. The molecule has 64 heavy (non-hydrogen) atoms. The summed E-state index contributed by atoms with van der Waals surface area (Å²) in [5, 5.41) is 0. The van der Waals surface area contributed by atoms with Crippen molar-refractivity contribution in [3.63, 3.8) is 0 Å². The number of carbonyl (C=O) groups is 4. The highest BCUT2D eigenvalue weighted by Crippen LogP contribution is 2.35. The fourth-order valence-electron chi connectivity index (χ4n) is 8.50. The molecule has 6 nitrogen and oxygen atoms in total. The Hall–Kier alpha value is -8.48. The third kappa shape index (κ3) is 7.81. The lowest BCUT2D eigenvalue weighted by Gasteiger charge is -2.26. The molecule has 0 aliphatic heterocycles. The van der Waals surface area contributed by atoms with Crippen LogP contribution in [0.25, 0.3) is 23.3 Å². The van der Waals surface area contributed by atoms with Gasteiger partial charge in [-0.25, -0.2) is 0 Å². The van der Waals surface area contributed by atoms with E-state index in [0.717, 1.165) is 56.1 Å². The molecule has 2 aliphatic carbocycles. The number of anilines is 4. The zero-order valence-electron chi connectivity index (χ0n) is 34.7. The summed E-state index contributed by atoms with van der Waals surface area (Å²) in [6, 6.07) is 67.6. The SMILES string of the molecule is O=C1C(=Cc2ccc(N(Cc3ccccc3)c3ccc(-c4ccc(N(Cc5ccccc5)c5ccc(C=C6C(=O)c7ccccc7C6=O)cc5)cc4)cc3)cc2)C(=O)c2ccccc21. The van der Waals surface area contributed by atoms with Gasteiger partial charge in [-0.1, -0.05) is 158 Å². The lowest BCUT2D eigenvalue weighted by molar-refractivity contribution is 0.0975. The predicted octanol–water partition coefficient (Wildman–Crippen LogP) is 13.0. The van der Waals surface area contributed by atoms with Crippen LogP contribution in [0.1, 0.15) is 63.7 Å². The van der Waals surface area contributed by atoms with E-state index in [1.807, 2.05) is 84.9 Å². The standard InChI is InChI=1S/C58H40N2O4/c61-55-49-15-7-8-16-50(49)56(62)53(55)35-39-19-27-45(28-20-39)59(37-41-11-3-1-4-12-41)47-31-23-43(24-32-47)44-25-33-48(34-26-44)60(38-42-13-5-2-6-14-42)46-29-21-40(22-30-46)36-54-57(63)51-17-9-10-18-52(51)58(54)64/h1-36H,37-38H2. The number of carbonyl (C=O) groups excluding carboxylic acids is 4. The molecule has 0 aromatic heterocycles. The lowest BCUT2D eigenvalue weighted by atomic mass is 10.0. The second kappa shape index (κ2) is 17.1. The number of nitrogens with zero attached hydrogens (tertiary/aromatic N) is 2. The maximum absolute atomic E-state index is 13.1. The largest absolute Gasteiger partial charge is 0.337 e. The molecule has 0 saturated carbocycles. The molecule has 0 amide bonds. The molecule has 0 radical (unpaired) electrons. The number of rotatable bonds is 11. The summed E-state index contributed by atoms with van der Waals surface area (Å²) in [7, 11) is 0. The molecule has 0 unspecified atom stereocenters. The Balaban J connectivity index is 0.897. The van der Waals surface area contributed by atoms with Crippen molar-refractivity contribution in [3.8, 4) is 11.1 Å². The molecule has 8 aromatic rings. The van der Waals surface area contributed by atoms with Crippen molar-refractivity contribution < 1.29 is 19.2 Å². The summed E-state index contributed by atoms with van der Waals surface area (Å²) < 4.78 is 0. The topological polar surface area (TPSA) is 74.8 Å². The summed E-state index contributed by atoms with van der Waals surface area (Å²) in [6.07, 6.45) is 3.38. The average molecular weight is 829 g/mol. The van der Waals surface area contributed by atoms with Crippen LogP contribution in [0.3, 0.4) is 0 Å². The van der Waals surface area contributed by atoms with E-state index in [9.17, 15) is 19.2 Å². The molecule has 2 aliphatic rings. The van der Waals surface area contributed by atoms with Gasteiger partial charge >= 0.3 is 0 Å². The Labute approximate surface area is 371 Å². The Morgan fingerprint density at radius 3 is 0.859 bits per heavy atom. The van der Waals surface area contributed by atoms with Gasteiger partial charge in [0.1, 0.15) is 0 Å².